The molecule has 0 bridgehead atoms. The molecular formula is C20H33N3. The molecule has 1 aromatic rings. The Morgan fingerprint density at radius 3 is 2.70 bits per heavy atom. The molecule has 128 valence electrons. The predicted octanol–water partition coefficient (Wildman–Crippen LogP) is 2.62. The van der Waals surface area contributed by atoms with E-state index in [0.29, 0.717) is 6.04 Å². The summed E-state index contributed by atoms with van der Waals surface area (Å²) in [7, 11) is 2.24. The zero-order chi connectivity index (χ0) is 15.9. The van der Waals surface area contributed by atoms with Crippen LogP contribution in [-0.2, 0) is 6.42 Å². The third kappa shape index (κ3) is 5.91. The van der Waals surface area contributed by atoms with Crippen LogP contribution in [0, 0.1) is 5.92 Å². The van der Waals surface area contributed by atoms with E-state index in [2.05, 4.69) is 52.5 Å². The lowest BCUT2D eigenvalue weighted by Gasteiger charge is -2.22. The summed E-state index contributed by atoms with van der Waals surface area (Å²) in [6.45, 7) is 7.43. The van der Waals surface area contributed by atoms with Gasteiger partial charge in [-0.2, -0.15) is 0 Å². The van der Waals surface area contributed by atoms with Gasteiger partial charge in [0.25, 0.3) is 0 Å². The highest BCUT2D eigenvalue weighted by Gasteiger charge is 2.30. The Kier molecular flexibility index (Phi) is 6.49. The van der Waals surface area contributed by atoms with E-state index >= 15 is 0 Å². The summed E-state index contributed by atoms with van der Waals surface area (Å²) >= 11 is 0. The molecule has 0 amide bonds. The highest BCUT2D eigenvalue weighted by atomic mass is 15.2. The van der Waals surface area contributed by atoms with Crippen molar-refractivity contribution in [2.45, 2.75) is 38.1 Å². The van der Waals surface area contributed by atoms with Gasteiger partial charge in [0.05, 0.1) is 0 Å². The van der Waals surface area contributed by atoms with E-state index in [-0.39, 0.29) is 0 Å². The molecule has 0 radical (unpaired) electrons. The van der Waals surface area contributed by atoms with Crippen LogP contribution < -0.4 is 5.32 Å². The Morgan fingerprint density at radius 1 is 1.09 bits per heavy atom. The first-order valence-electron chi connectivity index (χ1n) is 9.49. The molecule has 1 aromatic carbocycles. The standard InChI is InChI=1S/C20H33N3/c1-22-12-6-14-23(16-15-22)13-5-11-21-20(19-9-10-19)17-18-7-3-2-4-8-18/h2-4,7-8,19-21H,5-6,9-17H2,1H3. The number of nitrogens with one attached hydrogen (secondary N) is 1. The van der Waals surface area contributed by atoms with Gasteiger partial charge in [0, 0.05) is 19.1 Å². The fourth-order valence-electron chi connectivity index (χ4n) is 3.69. The number of likely N-dealkylation sites (N-methyl/N-ethyl adjacent to an activating group) is 1. The monoisotopic (exact) mass is 315 g/mol. The SMILES string of the molecule is CN1CCCN(CCCNC(Cc2ccccc2)C2CC2)CC1. The van der Waals surface area contributed by atoms with E-state index in [1.807, 2.05) is 0 Å². The molecule has 2 aliphatic rings. The summed E-state index contributed by atoms with van der Waals surface area (Å²) < 4.78 is 0. The zero-order valence-corrected chi connectivity index (χ0v) is 14.7. The molecule has 1 aliphatic carbocycles. The first-order chi connectivity index (χ1) is 11.3. The topological polar surface area (TPSA) is 18.5 Å². The lowest BCUT2D eigenvalue weighted by Crippen LogP contribution is -2.36. The Balaban J connectivity index is 1.36. The fraction of sp³-hybridized carbons (Fsp3) is 0.700. The minimum atomic E-state index is 0.688. The van der Waals surface area contributed by atoms with Crippen molar-refractivity contribution in [3.05, 3.63) is 35.9 Å². The molecule has 1 heterocycles. The van der Waals surface area contributed by atoms with Crippen LogP contribution in [-0.4, -0.2) is 62.2 Å². The summed E-state index contributed by atoms with van der Waals surface area (Å²) in [5, 5.41) is 3.86. The van der Waals surface area contributed by atoms with Crippen molar-refractivity contribution in [1.29, 1.82) is 0 Å². The van der Waals surface area contributed by atoms with Crippen molar-refractivity contribution in [2.24, 2.45) is 5.92 Å². The Bertz CT molecular complexity index is 443. The molecule has 23 heavy (non-hydrogen) atoms. The Hall–Kier alpha value is -0.900. The van der Waals surface area contributed by atoms with Crippen molar-refractivity contribution in [3.8, 4) is 0 Å². The maximum atomic E-state index is 3.86. The minimum absolute atomic E-state index is 0.688. The molecule has 0 aromatic heterocycles. The van der Waals surface area contributed by atoms with Gasteiger partial charge in [-0.25, -0.2) is 0 Å². The molecule has 1 unspecified atom stereocenters. The van der Waals surface area contributed by atoms with Gasteiger partial charge in [-0.05, 0) is 76.8 Å². The molecule has 1 atom stereocenters. The van der Waals surface area contributed by atoms with E-state index in [1.54, 1.807) is 0 Å². The van der Waals surface area contributed by atoms with Crippen molar-refractivity contribution >= 4 is 0 Å². The van der Waals surface area contributed by atoms with Crippen LogP contribution in [0.5, 0.6) is 0 Å². The summed E-state index contributed by atoms with van der Waals surface area (Å²) in [5.74, 6) is 0.919. The quantitative estimate of drug-likeness (QED) is 0.744. The Morgan fingerprint density at radius 2 is 1.91 bits per heavy atom. The molecule has 3 nitrogen and oxygen atoms in total. The van der Waals surface area contributed by atoms with Crippen molar-refractivity contribution < 1.29 is 0 Å². The average Bonchev–Trinajstić information content (AvgIpc) is 3.40. The smallest absolute Gasteiger partial charge is 0.0136 e. The molecule has 3 rings (SSSR count). The minimum Gasteiger partial charge on any atom is -0.313 e. The molecule has 0 spiro atoms. The third-order valence-electron chi connectivity index (χ3n) is 5.36. The van der Waals surface area contributed by atoms with Crippen LogP contribution in [0.3, 0.4) is 0 Å². The van der Waals surface area contributed by atoms with Crippen molar-refractivity contribution in [3.63, 3.8) is 0 Å². The van der Waals surface area contributed by atoms with E-state index < -0.39 is 0 Å². The predicted molar refractivity (Wildman–Crippen MR) is 97.8 cm³/mol. The number of benzene rings is 1. The molecule has 1 saturated carbocycles. The molecule has 1 aliphatic heterocycles. The fourth-order valence-corrected chi connectivity index (χ4v) is 3.69. The van der Waals surface area contributed by atoms with Gasteiger partial charge in [0.2, 0.25) is 0 Å². The number of hydrogen-bond donors (Lipinski definition) is 1. The second kappa shape index (κ2) is 8.81. The first kappa shape index (κ1) is 16.9. The highest BCUT2D eigenvalue weighted by Crippen LogP contribution is 2.34. The average molecular weight is 316 g/mol. The van der Waals surface area contributed by atoms with Gasteiger partial charge in [-0.1, -0.05) is 30.3 Å². The van der Waals surface area contributed by atoms with Gasteiger partial charge in [0.15, 0.2) is 0 Å². The second-order valence-corrected chi connectivity index (χ2v) is 7.44. The van der Waals surface area contributed by atoms with Gasteiger partial charge in [0.1, 0.15) is 0 Å². The maximum absolute atomic E-state index is 3.86. The first-order valence-corrected chi connectivity index (χ1v) is 9.49. The number of nitrogens with zero attached hydrogens (tertiary/aromatic N) is 2. The van der Waals surface area contributed by atoms with Crippen molar-refractivity contribution in [1.82, 2.24) is 15.1 Å². The normalized spacial score (nSPS) is 22.0. The molecule has 1 N–H and O–H groups in total. The summed E-state index contributed by atoms with van der Waals surface area (Å²) in [5.41, 5.74) is 1.48. The van der Waals surface area contributed by atoms with Gasteiger partial charge >= 0.3 is 0 Å². The van der Waals surface area contributed by atoms with Crippen LogP contribution >= 0.6 is 0 Å². The van der Waals surface area contributed by atoms with Crippen LogP contribution in [0.25, 0.3) is 0 Å². The van der Waals surface area contributed by atoms with E-state index in [9.17, 15) is 0 Å². The second-order valence-electron chi connectivity index (χ2n) is 7.44. The molecule has 3 heteroatoms. The lowest BCUT2D eigenvalue weighted by molar-refractivity contribution is 0.270. The summed E-state index contributed by atoms with van der Waals surface area (Å²) in [6.07, 6.45) is 6.64. The largest absolute Gasteiger partial charge is 0.313 e. The third-order valence-corrected chi connectivity index (χ3v) is 5.36. The molecular weight excluding hydrogens is 282 g/mol. The summed E-state index contributed by atoms with van der Waals surface area (Å²) in [6, 6.07) is 11.7. The highest BCUT2D eigenvalue weighted by molar-refractivity contribution is 5.16. The van der Waals surface area contributed by atoms with Crippen LogP contribution in [0.1, 0.15) is 31.2 Å². The maximum Gasteiger partial charge on any atom is 0.0136 e. The van der Waals surface area contributed by atoms with E-state index in [0.717, 1.165) is 5.92 Å². The van der Waals surface area contributed by atoms with E-state index in [1.165, 1.54) is 76.9 Å². The number of hydrogen-bond acceptors (Lipinski definition) is 3. The molecule has 2 fully saturated rings. The van der Waals surface area contributed by atoms with Crippen LogP contribution in [0.4, 0.5) is 0 Å². The van der Waals surface area contributed by atoms with E-state index in [4.69, 9.17) is 0 Å². The van der Waals surface area contributed by atoms with Crippen LogP contribution in [0.2, 0.25) is 0 Å². The lowest BCUT2D eigenvalue weighted by atomic mass is 10.0. The zero-order valence-electron chi connectivity index (χ0n) is 14.7. The van der Waals surface area contributed by atoms with Crippen LogP contribution in [0.15, 0.2) is 30.3 Å². The Labute approximate surface area is 142 Å². The van der Waals surface area contributed by atoms with Gasteiger partial charge < -0.3 is 15.1 Å². The summed E-state index contributed by atoms with van der Waals surface area (Å²) in [4.78, 5) is 5.11. The van der Waals surface area contributed by atoms with Gasteiger partial charge in [-0.15, -0.1) is 0 Å². The van der Waals surface area contributed by atoms with Gasteiger partial charge in [-0.3, -0.25) is 0 Å². The number of rotatable bonds is 8. The molecule has 1 saturated heterocycles. The van der Waals surface area contributed by atoms with Crippen molar-refractivity contribution in [2.75, 3.05) is 46.3 Å².